The summed E-state index contributed by atoms with van der Waals surface area (Å²) in [7, 11) is -1.86. The van der Waals surface area contributed by atoms with Crippen LogP contribution in [0.2, 0.25) is 0 Å². The van der Waals surface area contributed by atoms with Crippen molar-refractivity contribution in [3.8, 4) is 11.4 Å². The smallest absolute Gasteiger partial charge is 0.393 e. The van der Waals surface area contributed by atoms with Gasteiger partial charge in [-0.2, -0.15) is 5.10 Å². The fourth-order valence-corrected chi connectivity index (χ4v) is 8.80. The minimum atomic E-state index is -3.50. The number of aliphatic hydroxyl groups excluding tert-OH is 2. The second kappa shape index (κ2) is 14.5. The third kappa shape index (κ3) is 8.29. The third-order valence-corrected chi connectivity index (χ3v) is 11.6. The lowest BCUT2D eigenvalue weighted by molar-refractivity contribution is 0.0955. The van der Waals surface area contributed by atoms with Gasteiger partial charge in [-0.05, 0) is 72.6 Å². The SMILES string of the molecule is Cn1nc([C@](C)(CCCC(C)(C)CS(=O)(=O)CCc2cc(F)cc3[nH]ccc23)c2cccc([C@@H](O)CO)c2)nc1-c1cc([S+]=O)ccc1F. The number of fused-ring (bicyclic) bond motifs is 1. The van der Waals surface area contributed by atoms with E-state index in [2.05, 4.69) is 4.98 Å². The van der Waals surface area contributed by atoms with Crippen LogP contribution in [0, 0.1) is 17.0 Å². The molecule has 0 aliphatic carbocycles. The average molecular weight is 712 g/mol. The van der Waals surface area contributed by atoms with Crippen LogP contribution in [0.5, 0.6) is 0 Å². The lowest BCUT2D eigenvalue weighted by Crippen LogP contribution is -2.29. The van der Waals surface area contributed by atoms with E-state index in [4.69, 9.17) is 10.1 Å². The number of hydrogen-bond acceptors (Lipinski definition) is 7. The molecule has 0 aliphatic heterocycles. The van der Waals surface area contributed by atoms with Gasteiger partial charge >= 0.3 is 11.7 Å². The van der Waals surface area contributed by atoms with E-state index >= 15 is 0 Å². The zero-order chi connectivity index (χ0) is 35.6. The highest BCUT2D eigenvalue weighted by atomic mass is 32.2. The summed E-state index contributed by atoms with van der Waals surface area (Å²) < 4.78 is 68.7. The number of nitrogens with one attached hydrogen (secondary N) is 1. The van der Waals surface area contributed by atoms with E-state index in [1.165, 1.54) is 35.0 Å². The maximum Gasteiger partial charge on any atom is 0.505 e. The van der Waals surface area contributed by atoms with Gasteiger partial charge < -0.3 is 15.2 Å². The van der Waals surface area contributed by atoms with Crippen LogP contribution in [0.15, 0.2) is 71.8 Å². The van der Waals surface area contributed by atoms with Crippen molar-refractivity contribution < 1.29 is 31.6 Å². The van der Waals surface area contributed by atoms with Crippen molar-refractivity contribution in [3.05, 3.63) is 101 Å². The van der Waals surface area contributed by atoms with Gasteiger partial charge in [-0.25, -0.2) is 26.9 Å². The normalized spacial score (nSPS) is 14.2. The number of rotatable bonds is 15. The molecule has 0 unspecified atom stereocenters. The number of nitrogens with zero attached hydrogens (tertiary/aromatic N) is 3. The van der Waals surface area contributed by atoms with Crippen LogP contribution < -0.4 is 0 Å². The lowest BCUT2D eigenvalue weighted by Gasteiger charge is -2.31. The highest BCUT2D eigenvalue weighted by molar-refractivity contribution is 7.91. The minimum Gasteiger partial charge on any atom is -0.393 e. The molecule has 49 heavy (non-hydrogen) atoms. The molecule has 5 aromatic rings. The molecule has 0 amide bonds. The summed E-state index contributed by atoms with van der Waals surface area (Å²) in [6, 6.07) is 15.8. The summed E-state index contributed by atoms with van der Waals surface area (Å²) >= 11 is 0.251. The Kier molecular flexibility index (Phi) is 10.8. The fraction of sp³-hybridized carbons (Fsp3) is 0.389. The summed E-state index contributed by atoms with van der Waals surface area (Å²) in [6.07, 6.45) is 2.40. The van der Waals surface area contributed by atoms with Crippen LogP contribution in [0.3, 0.4) is 0 Å². The van der Waals surface area contributed by atoms with Crippen molar-refractivity contribution >= 4 is 32.4 Å². The third-order valence-electron chi connectivity index (χ3n) is 9.16. The van der Waals surface area contributed by atoms with Crippen LogP contribution >= 0.6 is 0 Å². The molecule has 260 valence electrons. The topological polar surface area (TPSA) is 138 Å². The molecule has 9 nitrogen and oxygen atoms in total. The van der Waals surface area contributed by atoms with Gasteiger partial charge in [0.05, 0.1) is 29.1 Å². The zero-order valence-electron chi connectivity index (χ0n) is 27.9. The van der Waals surface area contributed by atoms with Gasteiger partial charge in [0.1, 0.15) is 17.7 Å². The molecule has 0 radical (unpaired) electrons. The zero-order valence-corrected chi connectivity index (χ0v) is 29.5. The number of aromatic amines is 1. The molecule has 2 heterocycles. The largest absolute Gasteiger partial charge is 0.505 e. The molecular formula is C36H41F2N4O5S2+. The molecule has 0 fully saturated rings. The van der Waals surface area contributed by atoms with E-state index in [0.717, 1.165) is 10.9 Å². The van der Waals surface area contributed by atoms with Crippen LogP contribution in [0.25, 0.3) is 22.3 Å². The minimum absolute atomic E-state index is 0.0557. The van der Waals surface area contributed by atoms with Gasteiger partial charge in [0.2, 0.25) is 0 Å². The number of aromatic nitrogens is 4. The van der Waals surface area contributed by atoms with E-state index in [-0.39, 0.29) is 41.0 Å². The van der Waals surface area contributed by atoms with Crippen molar-refractivity contribution in [1.29, 1.82) is 0 Å². The van der Waals surface area contributed by atoms with E-state index in [1.807, 2.05) is 32.9 Å². The molecule has 13 heteroatoms. The summed E-state index contributed by atoms with van der Waals surface area (Å²) in [4.78, 5) is 8.08. The van der Waals surface area contributed by atoms with Crippen molar-refractivity contribution in [2.24, 2.45) is 12.5 Å². The molecular weight excluding hydrogens is 671 g/mol. The number of sulfone groups is 1. The predicted molar refractivity (Wildman–Crippen MR) is 186 cm³/mol. The quantitative estimate of drug-likeness (QED) is 0.110. The second-order valence-electron chi connectivity index (χ2n) is 13.6. The average Bonchev–Trinajstić information content (AvgIpc) is 3.69. The van der Waals surface area contributed by atoms with Crippen molar-refractivity contribution in [3.63, 3.8) is 0 Å². The van der Waals surface area contributed by atoms with Crippen LogP contribution in [0.1, 0.15) is 68.7 Å². The van der Waals surface area contributed by atoms with Gasteiger partial charge in [-0.15, -0.1) is 0 Å². The summed E-state index contributed by atoms with van der Waals surface area (Å²) in [6.45, 7) is 5.31. The molecule has 3 N–H and O–H groups in total. The van der Waals surface area contributed by atoms with Gasteiger partial charge in [-0.1, -0.05) is 44.5 Å². The molecule has 2 atom stereocenters. The van der Waals surface area contributed by atoms with Gasteiger partial charge in [0.15, 0.2) is 21.5 Å². The van der Waals surface area contributed by atoms with Gasteiger partial charge in [0.25, 0.3) is 4.90 Å². The number of hydrogen-bond donors (Lipinski definition) is 3. The Hall–Kier alpha value is -3.91. The Morgan fingerprint density at radius 1 is 1.04 bits per heavy atom. The Balaban J connectivity index is 1.38. The van der Waals surface area contributed by atoms with Crippen molar-refractivity contribution in [2.75, 3.05) is 18.1 Å². The standard InChI is InChI=1S/C36H41F2N4O5S2/c1-35(2,22-49(46,47)16-12-23-18-26(37)19-31-28(23)11-15-39-31)13-6-14-36(3,25-8-5-7-24(17-25)32(44)21-43)34-40-33(42(4)41-34)29-20-27(48-45)9-10-30(29)38/h5,7-11,15,17-20,32,39,43-44H,6,12-14,16,21-22H2,1-4H3/q+1/t32-,36+/m0/s1. The number of benzene rings is 3. The molecule has 0 spiro atoms. The second-order valence-corrected chi connectivity index (χ2v) is 16.4. The van der Waals surface area contributed by atoms with Crippen molar-refractivity contribution in [1.82, 2.24) is 19.7 Å². The molecule has 0 aliphatic rings. The molecule has 0 saturated carbocycles. The number of aryl methyl sites for hydroxylation is 2. The summed E-state index contributed by atoms with van der Waals surface area (Å²) in [5.74, 6) is -0.509. The first-order chi connectivity index (χ1) is 23.1. The summed E-state index contributed by atoms with van der Waals surface area (Å²) in [5.41, 5.74) is 1.21. The monoisotopic (exact) mass is 711 g/mol. The van der Waals surface area contributed by atoms with Gasteiger partial charge in [0, 0.05) is 40.5 Å². The first-order valence-corrected chi connectivity index (χ1v) is 18.6. The highest BCUT2D eigenvalue weighted by Crippen LogP contribution is 2.39. The number of aliphatic hydroxyl groups is 2. The molecule has 0 bridgehead atoms. The van der Waals surface area contributed by atoms with E-state index in [9.17, 15) is 31.6 Å². The fourth-order valence-electron chi connectivity index (χ4n) is 6.50. The van der Waals surface area contributed by atoms with Crippen molar-refractivity contribution in [2.45, 2.75) is 62.9 Å². The Morgan fingerprint density at radius 3 is 2.55 bits per heavy atom. The summed E-state index contributed by atoms with van der Waals surface area (Å²) in [5, 5.41) is 25.5. The first-order valence-electron chi connectivity index (χ1n) is 16.0. The van der Waals surface area contributed by atoms with E-state index < -0.39 is 45.0 Å². The number of H-pyrrole nitrogens is 1. The molecule has 2 aromatic heterocycles. The van der Waals surface area contributed by atoms with Gasteiger partial charge in [-0.3, -0.25) is 0 Å². The lowest BCUT2D eigenvalue weighted by atomic mass is 9.75. The Morgan fingerprint density at radius 2 is 1.82 bits per heavy atom. The predicted octanol–water partition coefficient (Wildman–Crippen LogP) is 6.21. The number of halogens is 2. The molecule has 0 saturated heterocycles. The first kappa shape index (κ1) is 36.4. The highest BCUT2D eigenvalue weighted by Gasteiger charge is 2.36. The Bertz CT molecular complexity index is 2080. The van der Waals surface area contributed by atoms with E-state index in [0.29, 0.717) is 46.6 Å². The van der Waals surface area contributed by atoms with Crippen LogP contribution in [-0.2, 0) is 44.6 Å². The molecule has 5 rings (SSSR count). The van der Waals surface area contributed by atoms with E-state index in [1.54, 1.807) is 31.4 Å². The molecule has 3 aromatic carbocycles. The Labute approximate surface area is 288 Å². The van der Waals surface area contributed by atoms with Crippen LogP contribution in [-0.4, -0.2) is 56.5 Å². The maximum absolute atomic E-state index is 15.0. The maximum atomic E-state index is 15.0. The van der Waals surface area contributed by atoms with Crippen LogP contribution in [0.4, 0.5) is 8.78 Å².